The molecular weight excluding hydrogens is 456 g/mol. The molecule has 2 aromatic carbocycles. The highest BCUT2D eigenvalue weighted by molar-refractivity contribution is 5.90. The number of carbonyl (C=O) groups excluding carboxylic acids is 3. The molecule has 186 valence electrons. The van der Waals surface area contributed by atoms with Crippen LogP contribution in [0.5, 0.6) is 0 Å². The third-order valence-electron chi connectivity index (χ3n) is 5.88. The molecule has 2 fully saturated rings. The molecule has 2 aliphatic heterocycles. The standard InChI is InChI=1S/C26H28O9/c1-26(2)34-22-18(14-20(27)30-3)21(33-25(22)35-26)19(32-24(29)17-12-8-5-9-13-17)15-31-23(28)16-10-6-4-7-11-16/h4-13,18-19,21-22,25H,14-15H2,1-3H3/t18-,19-,21+,22-,25-/m1/s1. The minimum Gasteiger partial charge on any atom is -0.469 e. The molecule has 2 aromatic rings. The van der Waals surface area contributed by atoms with E-state index in [0.29, 0.717) is 11.1 Å². The summed E-state index contributed by atoms with van der Waals surface area (Å²) in [4.78, 5) is 37.7. The van der Waals surface area contributed by atoms with Crippen molar-refractivity contribution in [3.63, 3.8) is 0 Å². The summed E-state index contributed by atoms with van der Waals surface area (Å²) < 4.78 is 34.0. The zero-order valence-corrected chi connectivity index (χ0v) is 19.7. The van der Waals surface area contributed by atoms with E-state index in [1.807, 2.05) is 0 Å². The summed E-state index contributed by atoms with van der Waals surface area (Å²) in [5, 5.41) is 0. The largest absolute Gasteiger partial charge is 0.469 e. The zero-order valence-electron chi connectivity index (χ0n) is 19.7. The number of benzene rings is 2. The minimum absolute atomic E-state index is 0.0617. The SMILES string of the molecule is COC(=O)C[C@H]1[C@H]2OC(C)(C)O[C@H]2O[C@@H]1[C@@H](COC(=O)c1ccccc1)OC(=O)c1ccccc1. The van der Waals surface area contributed by atoms with Gasteiger partial charge in [0, 0.05) is 5.92 Å². The molecule has 0 unspecified atom stereocenters. The van der Waals surface area contributed by atoms with Gasteiger partial charge in [0.15, 0.2) is 18.2 Å². The molecule has 2 aliphatic rings. The lowest BCUT2D eigenvalue weighted by atomic mass is 9.91. The van der Waals surface area contributed by atoms with Gasteiger partial charge in [0.05, 0.1) is 24.7 Å². The molecule has 0 saturated carbocycles. The van der Waals surface area contributed by atoms with Crippen LogP contribution in [0.3, 0.4) is 0 Å². The summed E-state index contributed by atoms with van der Waals surface area (Å²) in [6, 6.07) is 16.9. The van der Waals surface area contributed by atoms with Crippen LogP contribution in [0.15, 0.2) is 60.7 Å². The second-order valence-electron chi connectivity index (χ2n) is 8.79. The molecule has 9 nitrogen and oxygen atoms in total. The van der Waals surface area contributed by atoms with Crippen LogP contribution >= 0.6 is 0 Å². The molecule has 35 heavy (non-hydrogen) atoms. The summed E-state index contributed by atoms with van der Waals surface area (Å²) in [5.41, 5.74) is 0.674. The molecule has 2 heterocycles. The van der Waals surface area contributed by atoms with E-state index in [1.165, 1.54) is 7.11 Å². The maximum Gasteiger partial charge on any atom is 0.338 e. The van der Waals surface area contributed by atoms with Crippen LogP contribution in [0.4, 0.5) is 0 Å². The summed E-state index contributed by atoms with van der Waals surface area (Å²) in [7, 11) is 1.29. The molecule has 9 heteroatoms. The first-order valence-electron chi connectivity index (χ1n) is 11.3. The first kappa shape index (κ1) is 24.8. The van der Waals surface area contributed by atoms with Gasteiger partial charge in [-0.15, -0.1) is 0 Å². The van der Waals surface area contributed by atoms with Gasteiger partial charge in [0.25, 0.3) is 0 Å². The van der Waals surface area contributed by atoms with Crippen molar-refractivity contribution in [3.05, 3.63) is 71.8 Å². The Hall–Kier alpha value is -3.27. The number of ether oxygens (including phenoxy) is 6. The Balaban J connectivity index is 1.57. The smallest absolute Gasteiger partial charge is 0.338 e. The van der Waals surface area contributed by atoms with E-state index in [4.69, 9.17) is 28.4 Å². The molecule has 0 amide bonds. The average Bonchev–Trinajstić information content (AvgIpc) is 3.34. The van der Waals surface area contributed by atoms with E-state index in [0.717, 1.165) is 0 Å². The maximum atomic E-state index is 12.9. The van der Waals surface area contributed by atoms with Crippen molar-refractivity contribution in [2.24, 2.45) is 5.92 Å². The zero-order chi connectivity index (χ0) is 25.0. The van der Waals surface area contributed by atoms with Gasteiger partial charge in [-0.3, -0.25) is 4.79 Å². The fourth-order valence-corrected chi connectivity index (χ4v) is 4.26. The van der Waals surface area contributed by atoms with Gasteiger partial charge in [0.1, 0.15) is 18.8 Å². The molecular formula is C26H28O9. The predicted molar refractivity (Wildman–Crippen MR) is 121 cm³/mol. The fraction of sp³-hybridized carbons (Fsp3) is 0.423. The Morgan fingerprint density at radius 3 is 2.11 bits per heavy atom. The topological polar surface area (TPSA) is 107 Å². The van der Waals surface area contributed by atoms with Crippen molar-refractivity contribution < 1.29 is 42.8 Å². The molecule has 0 radical (unpaired) electrons. The molecule has 0 aliphatic carbocycles. The number of carbonyl (C=O) groups is 3. The van der Waals surface area contributed by atoms with Crippen molar-refractivity contribution >= 4 is 17.9 Å². The normalized spacial score (nSPS) is 25.3. The lowest BCUT2D eigenvalue weighted by Gasteiger charge is -2.30. The van der Waals surface area contributed by atoms with Crippen LogP contribution in [0.2, 0.25) is 0 Å². The molecule has 2 saturated heterocycles. The first-order chi connectivity index (χ1) is 16.8. The summed E-state index contributed by atoms with van der Waals surface area (Å²) in [5.74, 6) is -3.16. The van der Waals surface area contributed by atoms with Crippen molar-refractivity contribution in [1.29, 1.82) is 0 Å². The minimum atomic E-state index is -1.04. The third kappa shape index (κ3) is 5.87. The predicted octanol–water partition coefficient (Wildman–Crippen LogP) is 3.12. The van der Waals surface area contributed by atoms with Crippen molar-refractivity contribution in [2.45, 2.75) is 50.7 Å². The van der Waals surface area contributed by atoms with E-state index in [-0.39, 0.29) is 13.0 Å². The highest BCUT2D eigenvalue weighted by Gasteiger charge is 2.57. The first-order valence-corrected chi connectivity index (χ1v) is 11.3. The van der Waals surface area contributed by atoms with Crippen LogP contribution in [0, 0.1) is 5.92 Å². The summed E-state index contributed by atoms with van der Waals surface area (Å²) in [6.45, 7) is 3.19. The molecule has 0 bridgehead atoms. The van der Waals surface area contributed by atoms with Gasteiger partial charge < -0.3 is 28.4 Å². The Kier molecular flexibility index (Phi) is 7.49. The van der Waals surface area contributed by atoms with Gasteiger partial charge in [0.2, 0.25) is 0 Å². The summed E-state index contributed by atoms with van der Waals surface area (Å²) in [6.07, 6.45) is -3.33. The second-order valence-corrected chi connectivity index (χ2v) is 8.79. The maximum absolute atomic E-state index is 12.9. The fourth-order valence-electron chi connectivity index (χ4n) is 4.26. The van der Waals surface area contributed by atoms with E-state index in [2.05, 4.69) is 0 Å². The number of rotatable bonds is 8. The Labute approximate surface area is 203 Å². The number of fused-ring (bicyclic) bond motifs is 1. The number of hydrogen-bond acceptors (Lipinski definition) is 9. The van der Waals surface area contributed by atoms with Gasteiger partial charge in [-0.2, -0.15) is 0 Å². The van der Waals surface area contributed by atoms with Gasteiger partial charge in [-0.25, -0.2) is 9.59 Å². The van der Waals surface area contributed by atoms with Crippen LogP contribution in [-0.2, 0) is 33.2 Å². The average molecular weight is 485 g/mol. The highest BCUT2D eigenvalue weighted by atomic mass is 16.8. The van der Waals surface area contributed by atoms with Crippen LogP contribution < -0.4 is 0 Å². The van der Waals surface area contributed by atoms with Crippen molar-refractivity contribution in [3.8, 4) is 0 Å². The third-order valence-corrected chi connectivity index (χ3v) is 5.88. The van der Waals surface area contributed by atoms with Crippen LogP contribution in [0.1, 0.15) is 41.0 Å². The molecule has 4 rings (SSSR count). The van der Waals surface area contributed by atoms with Gasteiger partial charge in [-0.1, -0.05) is 36.4 Å². The Morgan fingerprint density at radius 2 is 1.51 bits per heavy atom. The van der Waals surface area contributed by atoms with Crippen LogP contribution in [-0.4, -0.2) is 62.0 Å². The second kappa shape index (κ2) is 10.6. The Bertz CT molecular complexity index is 1040. The quantitative estimate of drug-likeness (QED) is 0.413. The van der Waals surface area contributed by atoms with Crippen LogP contribution in [0.25, 0.3) is 0 Å². The van der Waals surface area contributed by atoms with E-state index in [9.17, 15) is 14.4 Å². The van der Waals surface area contributed by atoms with E-state index in [1.54, 1.807) is 74.5 Å². The van der Waals surface area contributed by atoms with Crippen molar-refractivity contribution in [2.75, 3.05) is 13.7 Å². The number of hydrogen-bond donors (Lipinski definition) is 0. The lowest BCUT2D eigenvalue weighted by Crippen LogP contribution is -2.43. The van der Waals surface area contributed by atoms with Crippen molar-refractivity contribution in [1.82, 2.24) is 0 Å². The monoisotopic (exact) mass is 484 g/mol. The number of methoxy groups -OCH3 is 1. The van der Waals surface area contributed by atoms with E-state index >= 15 is 0 Å². The highest BCUT2D eigenvalue weighted by Crippen LogP contribution is 2.43. The molecule has 0 spiro atoms. The van der Waals surface area contributed by atoms with Gasteiger partial charge >= 0.3 is 17.9 Å². The molecule has 0 N–H and O–H groups in total. The summed E-state index contributed by atoms with van der Waals surface area (Å²) >= 11 is 0. The lowest BCUT2D eigenvalue weighted by molar-refractivity contribution is -0.222. The molecule has 5 atom stereocenters. The number of esters is 3. The Morgan fingerprint density at radius 1 is 0.914 bits per heavy atom. The molecule has 0 aromatic heterocycles. The van der Waals surface area contributed by atoms with E-state index < -0.39 is 54.2 Å². The van der Waals surface area contributed by atoms with Gasteiger partial charge in [-0.05, 0) is 38.1 Å².